The van der Waals surface area contributed by atoms with E-state index < -0.39 is 11.9 Å². The molecule has 0 aromatic carbocycles. The van der Waals surface area contributed by atoms with Crippen LogP contribution in [0.25, 0.3) is 0 Å². The molecular formula is C20H28F3N3O2. The number of alkyl halides is 3. The average molecular weight is 399 g/mol. The van der Waals surface area contributed by atoms with Crippen LogP contribution in [0, 0.1) is 11.3 Å². The van der Waals surface area contributed by atoms with Crippen LogP contribution in [0.3, 0.4) is 0 Å². The molecule has 3 rings (SSSR count). The molecule has 0 radical (unpaired) electrons. The normalized spacial score (nSPS) is 20.7. The number of nitrogens with one attached hydrogen (secondary N) is 1. The number of pyridine rings is 1. The summed E-state index contributed by atoms with van der Waals surface area (Å²) in [6.07, 6.45) is -0.693. The fourth-order valence-electron chi connectivity index (χ4n) is 4.44. The van der Waals surface area contributed by atoms with Crippen LogP contribution in [0.5, 0.6) is 0 Å². The maximum atomic E-state index is 13.1. The number of carbonyl (C=O) groups excluding carboxylic acids is 1. The van der Waals surface area contributed by atoms with Crippen molar-refractivity contribution in [2.24, 2.45) is 11.3 Å². The standard InChI is InChI=1S/C20H28F3N3O2/c1-2-18(27)26(17-5-3-4-16(25-17)20(21,22)23)14-19(8-12-28-13-9-19)15-6-10-24-11-7-15/h3-5,15,24H,2,6-14H2,1H3. The van der Waals surface area contributed by atoms with Crippen LogP contribution in [0.1, 0.15) is 44.7 Å². The highest BCUT2D eigenvalue weighted by Gasteiger charge is 2.43. The predicted molar refractivity (Wildman–Crippen MR) is 100.0 cm³/mol. The number of amides is 1. The summed E-state index contributed by atoms with van der Waals surface area (Å²) in [7, 11) is 0. The first-order valence-corrected chi connectivity index (χ1v) is 9.99. The van der Waals surface area contributed by atoms with Crippen LogP contribution in [0.4, 0.5) is 19.0 Å². The Labute approximate surface area is 163 Å². The predicted octanol–water partition coefficient (Wildman–Crippen LogP) is 3.64. The molecule has 2 saturated heterocycles. The van der Waals surface area contributed by atoms with Crippen molar-refractivity contribution in [2.45, 2.75) is 45.2 Å². The lowest BCUT2D eigenvalue weighted by molar-refractivity contribution is -0.141. The lowest BCUT2D eigenvalue weighted by Gasteiger charge is -2.47. The molecule has 0 unspecified atom stereocenters. The van der Waals surface area contributed by atoms with Gasteiger partial charge in [0, 0.05) is 26.2 Å². The molecule has 2 fully saturated rings. The van der Waals surface area contributed by atoms with Crippen molar-refractivity contribution < 1.29 is 22.7 Å². The summed E-state index contributed by atoms with van der Waals surface area (Å²) in [4.78, 5) is 18.0. The Hall–Kier alpha value is -1.67. The number of halogens is 3. The molecule has 3 heterocycles. The van der Waals surface area contributed by atoms with E-state index in [-0.39, 0.29) is 23.6 Å². The number of rotatable bonds is 5. The molecule has 2 aliphatic heterocycles. The molecule has 0 aliphatic carbocycles. The van der Waals surface area contributed by atoms with E-state index in [0.29, 0.717) is 25.7 Å². The molecule has 2 aliphatic rings. The highest BCUT2D eigenvalue weighted by atomic mass is 19.4. The zero-order chi connectivity index (χ0) is 20.2. The van der Waals surface area contributed by atoms with Gasteiger partial charge in [0.15, 0.2) is 0 Å². The summed E-state index contributed by atoms with van der Waals surface area (Å²) in [5.74, 6) is 0.295. The zero-order valence-electron chi connectivity index (χ0n) is 16.2. The molecule has 0 spiro atoms. The number of anilines is 1. The Bertz CT molecular complexity index is 669. The number of nitrogens with zero attached hydrogens (tertiary/aromatic N) is 2. The Morgan fingerprint density at radius 1 is 1.29 bits per heavy atom. The van der Waals surface area contributed by atoms with E-state index in [1.807, 2.05) is 0 Å². The number of piperidine rings is 1. The van der Waals surface area contributed by atoms with Crippen LogP contribution in [-0.4, -0.2) is 43.7 Å². The van der Waals surface area contributed by atoms with Crippen molar-refractivity contribution in [3.63, 3.8) is 0 Å². The number of aromatic nitrogens is 1. The zero-order valence-corrected chi connectivity index (χ0v) is 16.2. The number of ether oxygens (including phenoxy) is 1. The Kier molecular flexibility index (Phi) is 6.60. The fourth-order valence-corrected chi connectivity index (χ4v) is 4.44. The molecule has 0 saturated carbocycles. The van der Waals surface area contributed by atoms with E-state index in [2.05, 4.69) is 10.3 Å². The van der Waals surface area contributed by atoms with Gasteiger partial charge >= 0.3 is 6.18 Å². The molecule has 8 heteroatoms. The molecule has 1 aromatic heterocycles. The van der Waals surface area contributed by atoms with E-state index in [4.69, 9.17) is 4.74 Å². The summed E-state index contributed by atoms with van der Waals surface area (Å²) in [6, 6.07) is 3.76. The molecule has 5 nitrogen and oxygen atoms in total. The minimum Gasteiger partial charge on any atom is -0.381 e. The first-order chi connectivity index (χ1) is 13.4. The lowest BCUT2D eigenvalue weighted by atomic mass is 9.66. The Morgan fingerprint density at radius 2 is 1.96 bits per heavy atom. The largest absolute Gasteiger partial charge is 0.433 e. The smallest absolute Gasteiger partial charge is 0.381 e. The van der Waals surface area contributed by atoms with E-state index >= 15 is 0 Å². The number of hydrogen-bond donors (Lipinski definition) is 1. The van der Waals surface area contributed by atoms with Gasteiger partial charge in [-0.3, -0.25) is 9.69 Å². The lowest BCUT2D eigenvalue weighted by Crippen LogP contribution is -2.50. The van der Waals surface area contributed by atoms with E-state index in [1.54, 1.807) is 6.92 Å². The number of hydrogen-bond acceptors (Lipinski definition) is 4. The quantitative estimate of drug-likeness (QED) is 0.821. The van der Waals surface area contributed by atoms with Crippen LogP contribution < -0.4 is 10.2 Å². The Balaban J connectivity index is 1.93. The van der Waals surface area contributed by atoms with Gasteiger partial charge in [-0.2, -0.15) is 13.2 Å². The summed E-state index contributed by atoms with van der Waals surface area (Å²) in [6.45, 7) is 5.21. The van der Waals surface area contributed by atoms with Crippen LogP contribution in [-0.2, 0) is 15.7 Å². The van der Waals surface area contributed by atoms with Crippen molar-refractivity contribution in [3.05, 3.63) is 23.9 Å². The van der Waals surface area contributed by atoms with Gasteiger partial charge < -0.3 is 10.1 Å². The monoisotopic (exact) mass is 399 g/mol. The van der Waals surface area contributed by atoms with Crippen LogP contribution in [0.15, 0.2) is 18.2 Å². The van der Waals surface area contributed by atoms with Crippen molar-refractivity contribution in [3.8, 4) is 0 Å². The molecule has 156 valence electrons. The van der Waals surface area contributed by atoms with Crippen molar-refractivity contribution in [1.29, 1.82) is 0 Å². The molecular weight excluding hydrogens is 371 g/mol. The molecule has 0 bridgehead atoms. The van der Waals surface area contributed by atoms with Crippen molar-refractivity contribution >= 4 is 11.7 Å². The third-order valence-corrected chi connectivity index (χ3v) is 6.07. The molecule has 1 aromatic rings. The minimum atomic E-state index is -4.54. The second-order valence-corrected chi connectivity index (χ2v) is 7.71. The van der Waals surface area contributed by atoms with Gasteiger partial charge in [0.05, 0.1) is 0 Å². The highest BCUT2D eigenvalue weighted by molar-refractivity contribution is 5.92. The van der Waals surface area contributed by atoms with Gasteiger partial charge in [-0.1, -0.05) is 13.0 Å². The summed E-state index contributed by atoms with van der Waals surface area (Å²) in [5.41, 5.74) is -1.12. The van der Waals surface area contributed by atoms with Crippen LogP contribution >= 0.6 is 0 Å². The highest BCUT2D eigenvalue weighted by Crippen LogP contribution is 2.44. The van der Waals surface area contributed by atoms with Gasteiger partial charge in [0.25, 0.3) is 0 Å². The summed E-state index contributed by atoms with van der Waals surface area (Å²) < 4.78 is 45.0. The molecule has 1 amide bonds. The van der Waals surface area contributed by atoms with Gasteiger partial charge in [-0.05, 0) is 62.2 Å². The minimum absolute atomic E-state index is 0.0847. The molecule has 28 heavy (non-hydrogen) atoms. The van der Waals surface area contributed by atoms with Gasteiger partial charge in [-0.15, -0.1) is 0 Å². The second-order valence-electron chi connectivity index (χ2n) is 7.71. The topological polar surface area (TPSA) is 54.5 Å². The molecule has 0 atom stereocenters. The third kappa shape index (κ3) is 4.66. The maximum absolute atomic E-state index is 13.1. The number of carbonyl (C=O) groups is 1. The fraction of sp³-hybridized carbons (Fsp3) is 0.700. The maximum Gasteiger partial charge on any atom is 0.433 e. The van der Waals surface area contributed by atoms with Crippen molar-refractivity contribution in [2.75, 3.05) is 37.7 Å². The van der Waals surface area contributed by atoms with Crippen LogP contribution in [0.2, 0.25) is 0 Å². The summed E-state index contributed by atoms with van der Waals surface area (Å²) >= 11 is 0. The third-order valence-electron chi connectivity index (χ3n) is 6.07. The van der Waals surface area contributed by atoms with E-state index in [0.717, 1.165) is 44.8 Å². The van der Waals surface area contributed by atoms with Gasteiger partial charge in [0.1, 0.15) is 11.5 Å². The second kappa shape index (κ2) is 8.78. The Morgan fingerprint density at radius 3 is 2.57 bits per heavy atom. The summed E-state index contributed by atoms with van der Waals surface area (Å²) in [5, 5.41) is 3.36. The van der Waals surface area contributed by atoms with E-state index in [9.17, 15) is 18.0 Å². The first kappa shape index (κ1) is 21.0. The van der Waals surface area contributed by atoms with Crippen molar-refractivity contribution in [1.82, 2.24) is 10.3 Å². The average Bonchev–Trinajstić information content (AvgIpc) is 2.72. The SMILES string of the molecule is CCC(=O)N(CC1(C2CCNCC2)CCOCC1)c1cccc(C(F)(F)F)n1. The molecule has 1 N–H and O–H groups in total. The van der Waals surface area contributed by atoms with Gasteiger partial charge in [-0.25, -0.2) is 4.98 Å². The first-order valence-electron chi connectivity index (χ1n) is 9.99. The van der Waals surface area contributed by atoms with Gasteiger partial charge in [0.2, 0.25) is 5.91 Å². The van der Waals surface area contributed by atoms with E-state index in [1.165, 1.54) is 17.0 Å².